The quantitative estimate of drug-likeness (QED) is 0.724. The second kappa shape index (κ2) is 4.60. The topological polar surface area (TPSA) is 71.4 Å². The van der Waals surface area contributed by atoms with E-state index in [9.17, 15) is 13.2 Å². The maximum absolute atomic E-state index is 10.8. The molecule has 0 amide bonds. The highest BCUT2D eigenvalue weighted by molar-refractivity contribution is 7.90. The van der Waals surface area contributed by atoms with E-state index in [1.807, 2.05) is 0 Å². The van der Waals surface area contributed by atoms with Gasteiger partial charge in [-0.2, -0.15) is 0 Å². The summed E-state index contributed by atoms with van der Waals surface area (Å²) in [7, 11) is -3.05. The normalized spacial score (nSPS) is 14.5. The van der Waals surface area contributed by atoms with Gasteiger partial charge < -0.3 is 5.11 Å². The van der Waals surface area contributed by atoms with Gasteiger partial charge in [-0.05, 0) is 12.3 Å². The van der Waals surface area contributed by atoms with Crippen LogP contribution in [0.3, 0.4) is 0 Å². The Kier molecular flexibility index (Phi) is 4.39. The van der Waals surface area contributed by atoms with Crippen LogP contribution >= 0.6 is 0 Å². The summed E-state index contributed by atoms with van der Waals surface area (Å²) < 4.78 is 21.6. The molecule has 0 rings (SSSR count). The lowest BCUT2D eigenvalue weighted by atomic mass is 9.94. The van der Waals surface area contributed by atoms with Gasteiger partial charge in [0.05, 0.1) is 11.7 Å². The highest BCUT2D eigenvalue weighted by Gasteiger charge is 2.22. The molecule has 5 heteroatoms. The molecule has 1 unspecified atom stereocenters. The van der Waals surface area contributed by atoms with Crippen molar-refractivity contribution in [2.75, 3.05) is 12.0 Å². The second-order valence-corrected chi connectivity index (χ2v) is 5.87. The van der Waals surface area contributed by atoms with Crippen LogP contribution in [0.4, 0.5) is 0 Å². The Bertz CT molecular complexity index is 266. The van der Waals surface area contributed by atoms with E-state index < -0.39 is 21.7 Å². The Labute approximate surface area is 78.9 Å². The SMILES string of the molecule is CC(C)C(CCS(C)(=O)=O)C(=O)O. The number of rotatable bonds is 5. The first-order chi connectivity index (χ1) is 5.74. The molecule has 13 heavy (non-hydrogen) atoms. The van der Waals surface area contributed by atoms with Crippen LogP contribution in [0.15, 0.2) is 0 Å². The molecule has 1 N–H and O–H groups in total. The molecule has 0 spiro atoms. The number of aliphatic carboxylic acids is 1. The molecular formula is C8H16O4S. The van der Waals surface area contributed by atoms with Crippen molar-refractivity contribution in [3.63, 3.8) is 0 Å². The molecule has 0 saturated heterocycles. The molecular weight excluding hydrogens is 192 g/mol. The fraction of sp³-hybridized carbons (Fsp3) is 0.875. The summed E-state index contributed by atoms with van der Waals surface area (Å²) in [6, 6.07) is 0. The van der Waals surface area contributed by atoms with Crippen molar-refractivity contribution in [3.05, 3.63) is 0 Å². The number of hydrogen-bond acceptors (Lipinski definition) is 3. The van der Waals surface area contributed by atoms with E-state index >= 15 is 0 Å². The molecule has 0 aromatic carbocycles. The first-order valence-electron chi connectivity index (χ1n) is 4.14. The van der Waals surface area contributed by atoms with E-state index in [1.54, 1.807) is 13.8 Å². The number of carbonyl (C=O) groups is 1. The zero-order valence-electron chi connectivity index (χ0n) is 8.15. The zero-order valence-corrected chi connectivity index (χ0v) is 8.97. The summed E-state index contributed by atoms with van der Waals surface area (Å²) in [4.78, 5) is 10.7. The molecule has 0 heterocycles. The average molecular weight is 208 g/mol. The van der Waals surface area contributed by atoms with Gasteiger partial charge in [0.15, 0.2) is 0 Å². The van der Waals surface area contributed by atoms with Crippen molar-refractivity contribution in [2.45, 2.75) is 20.3 Å². The fourth-order valence-electron chi connectivity index (χ4n) is 1.08. The molecule has 4 nitrogen and oxygen atoms in total. The van der Waals surface area contributed by atoms with Gasteiger partial charge >= 0.3 is 5.97 Å². The Balaban J connectivity index is 4.22. The first-order valence-corrected chi connectivity index (χ1v) is 6.20. The van der Waals surface area contributed by atoms with E-state index in [1.165, 1.54) is 0 Å². The molecule has 0 bridgehead atoms. The minimum absolute atomic E-state index is 0.0285. The van der Waals surface area contributed by atoms with Crippen LogP contribution in [0.25, 0.3) is 0 Å². The zero-order chi connectivity index (χ0) is 10.6. The van der Waals surface area contributed by atoms with Crippen LogP contribution in [-0.2, 0) is 14.6 Å². The molecule has 0 aromatic rings. The number of hydrogen-bond donors (Lipinski definition) is 1. The average Bonchev–Trinajstić information content (AvgIpc) is 1.82. The molecule has 78 valence electrons. The van der Waals surface area contributed by atoms with Gasteiger partial charge in [0.2, 0.25) is 0 Å². The van der Waals surface area contributed by atoms with Crippen molar-refractivity contribution >= 4 is 15.8 Å². The highest BCUT2D eigenvalue weighted by Crippen LogP contribution is 2.15. The maximum atomic E-state index is 10.8. The Morgan fingerprint density at radius 3 is 2.08 bits per heavy atom. The van der Waals surface area contributed by atoms with Crippen LogP contribution in [0.2, 0.25) is 0 Å². The number of carboxylic acid groups (broad SMARTS) is 1. The van der Waals surface area contributed by atoms with Crippen molar-refractivity contribution in [2.24, 2.45) is 11.8 Å². The van der Waals surface area contributed by atoms with Gasteiger partial charge in [0, 0.05) is 6.26 Å². The van der Waals surface area contributed by atoms with Crippen LogP contribution in [0, 0.1) is 11.8 Å². The summed E-state index contributed by atoms with van der Waals surface area (Å²) in [5, 5.41) is 8.75. The Hall–Kier alpha value is -0.580. The van der Waals surface area contributed by atoms with Crippen molar-refractivity contribution in [3.8, 4) is 0 Å². The fourth-order valence-corrected chi connectivity index (χ4v) is 1.77. The minimum Gasteiger partial charge on any atom is -0.481 e. The molecule has 0 aliphatic rings. The molecule has 0 aliphatic heterocycles. The second-order valence-electron chi connectivity index (χ2n) is 3.61. The van der Waals surface area contributed by atoms with Crippen molar-refractivity contribution in [1.29, 1.82) is 0 Å². The van der Waals surface area contributed by atoms with Gasteiger partial charge in [0.25, 0.3) is 0 Å². The summed E-state index contributed by atoms with van der Waals surface area (Å²) in [5.41, 5.74) is 0. The standard InChI is InChI=1S/C8H16O4S/c1-6(2)7(8(9)10)4-5-13(3,11)12/h6-7H,4-5H2,1-3H3,(H,9,10). The van der Waals surface area contributed by atoms with Crippen LogP contribution in [-0.4, -0.2) is 31.5 Å². The maximum Gasteiger partial charge on any atom is 0.306 e. The van der Waals surface area contributed by atoms with E-state index in [2.05, 4.69) is 0 Å². The van der Waals surface area contributed by atoms with Gasteiger partial charge in [-0.15, -0.1) is 0 Å². The first kappa shape index (κ1) is 12.4. The summed E-state index contributed by atoms with van der Waals surface area (Å²) in [6.45, 7) is 3.56. The van der Waals surface area contributed by atoms with E-state index in [-0.39, 0.29) is 18.1 Å². The van der Waals surface area contributed by atoms with Crippen LogP contribution in [0.1, 0.15) is 20.3 Å². The Morgan fingerprint density at radius 2 is 1.85 bits per heavy atom. The predicted octanol–water partition coefficient (Wildman–Crippen LogP) is 0.778. The van der Waals surface area contributed by atoms with Gasteiger partial charge in [-0.25, -0.2) is 8.42 Å². The molecule has 0 fully saturated rings. The predicted molar refractivity (Wildman–Crippen MR) is 50.3 cm³/mol. The highest BCUT2D eigenvalue weighted by atomic mass is 32.2. The summed E-state index contributed by atoms with van der Waals surface area (Å²) >= 11 is 0. The third kappa shape index (κ3) is 5.63. The van der Waals surface area contributed by atoms with Crippen molar-refractivity contribution < 1.29 is 18.3 Å². The molecule has 0 radical (unpaired) electrons. The largest absolute Gasteiger partial charge is 0.481 e. The third-order valence-corrected chi connectivity index (χ3v) is 2.90. The minimum atomic E-state index is -3.05. The van der Waals surface area contributed by atoms with E-state index in [0.29, 0.717) is 0 Å². The molecule has 0 aliphatic carbocycles. The van der Waals surface area contributed by atoms with Crippen molar-refractivity contribution in [1.82, 2.24) is 0 Å². The number of sulfone groups is 1. The van der Waals surface area contributed by atoms with E-state index in [0.717, 1.165) is 6.26 Å². The van der Waals surface area contributed by atoms with Gasteiger partial charge in [-0.3, -0.25) is 4.79 Å². The third-order valence-electron chi connectivity index (χ3n) is 1.92. The summed E-state index contributed by atoms with van der Waals surface area (Å²) in [5.74, 6) is -1.56. The van der Waals surface area contributed by atoms with Gasteiger partial charge in [0.1, 0.15) is 9.84 Å². The lowest BCUT2D eigenvalue weighted by Gasteiger charge is -2.14. The van der Waals surface area contributed by atoms with Crippen LogP contribution in [0.5, 0.6) is 0 Å². The molecule has 0 aromatic heterocycles. The lowest BCUT2D eigenvalue weighted by molar-refractivity contribution is -0.143. The Morgan fingerprint density at radius 1 is 1.38 bits per heavy atom. The monoisotopic (exact) mass is 208 g/mol. The molecule has 1 atom stereocenters. The smallest absolute Gasteiger partial charge is 0.306 e. The van der Waals surface area contributed by atoms with E-state index in [4.69, 9.17) is 5.11 Å². The van der Waals surface area contributed by atoms with Crippen LogP contribution < -0.4 is 0 Å². The molecule has 0 saturated carbocycles. The number of carboxylic acids is 1. The van der Waals surface area contributed by atoms with Gasteiger partial charge in [-0.1, -0.05) is 13.8 Å². The summed E-state index contributed by atoms with van der Waals surface area (Å²) in [6.07, 6.45) is 1.32. The lowest BCUT2D eigenvalue weighted by Crippen LogP contribution is -2.22.